The van der Waals surface area contributed by atoms with Gasteiger partial charge in [-0.3, -0.25) is 4.98 Å². The molecule has 1 saturated heterocycles. The highest BCUT2D eigenvalue weighted by Crippen LogP contribution is 2.38. The minimum atomic E-state index is -0.843. The van der Waals surface area contributed by atoms with Gasteiger partial charge in [0.25, 0.3) is 0 Å². The van der Waals surface area contributed by atoms with Gasteiger partial charge in [0.1, 0.15) is 5.82 Å². The molecule has 5 rings (SSSR count). The van der Waals surface area contributed by atoms with Crippen LogP contribution in [-0.4, -0.2) is 68.9 Å². The third-order valence-corrected chi connectivity index (χ3v) is 7.46. The number of halogens is 2. The van der Waals surface area contributed by atoms with Crippen LogP contribution >= 0.6 is 0 Å². The van der Waals surface area contributed by atoms with Crippen molar-refractivity contribution in [1.82, 2.24) is 14.9 Å². The molecule has 1 fully saturated rings. The van der Waals surface area contributed by atoms with E-state index in [1.54, 1.807) is 18.5 Å². The zero-order chi connectivity index (χ0) is 28.4. The van der Waals surface area contributed by atoms with Gasteiger partial charge in [-0.1, -0.05) is 6.92 Å². The summed E-state index contributed by atoms with van der Waals surface area (Å²) in [6.45, 7) is 9.48. The van der Waals surface area contributed by atoms with Crippen LogP contribution in [0.5, 0.6) is 11.5 Å². The van der Waals surface area contributed by atoms with Crippen molar-refractivity contribution >= 4 is 33.7 Å². The second kappa shape index (κ2) is 11.5. The number of benzene rings is 2. The average Bonchev–Trinajstić information content (AvgIpc) is 2.98. The lowest BCUT2D eigenvalue weighted by Crippen LogP contribution is -2.46. The number of likely N-dealkylation sites (N-methyl/N-ethyl adjacent to an activating group) is 1. The molecule has 40 heavy (non-hydrogen) atoms. The second-order valence-electron chi connectivity index (χ2n) is 9.75. The maximum Gasteiger partial charge on any atom is 0.177 e. The van der Waals surface area contributed by atoms with E-state index in [4.69, 9.17) is 9.47 Å². The topological polar surface area (TPSA) is 74.8 Å². The zero-order valence-corrected chi connectivity index (χ0v) is 23.4. The molecule has 10 heteroatoms. The van der Waals surface area contributed by atoms with Crippen molar-refractivity contribution in [2.24, 2.45) is 0 Å². The van der Waals surface area contributed by atoms with Crippen molar-refractivity contribution in [3.05, 3.63) is 59.9 Å². The molecule has 1 aliphatic heterocycles. The summed E-state index contributed by atoms with van der Waals surface area (Å²) >= 11 is 0. The van der Waals surface area contributed by atoms with Crippen LogP contribution in [0.25, 0.3) is 22.0 Å². The first-order valence-corrected chi connectivity index (χ1v) is 13.3. The van der Waals surface area contributed by atoms with Crippen LogP contribution < -0.4 is 25.0 Å². The molecule has 0 atom stereocenters. The number of piperazine rings is 1. The molecule has 0 saturated carbocycles. The minimum Gasteiger partial charge on any atom is -0.494 e. The predicted octanol–water partition coefficient (Wildman–Crippen LogP) is 5.83. The number of aromatic nitrogens is 2. The Kier molecular flexibility index (Phi) is 7.88. The van der Waals surface area contributed by atoms with Gasteiger partial charge >= 0.3 is 0 Å². The maximum atomic E-state index is 15.0. The highest BCUT2D eigenvalue weighted by Gasteiger charge is 2.23. The van der Waals surface area contributed by atoms with E-state index < -0.39 is 11.6 Å². The summed E-state index contributed by atoms with van der Waals surface area (Å²) in [5.74, 6) is -1.31. The van der Waals surface area contributed by atoms with Gasteiger partial charge in [0.2, 0.25) is 0 Å². The smallest absolute Gasteiger partial charge is 0.177 e. The SMILES string of the molecule is CCN1CCN(c2cc(C)c(Nc3cc4cnc(-c5c(F)c(OC)cc(OC)c5F)cc4cn3)c(NC)c2)CC1. The molecule has 0 unspecified atom stereocenters. The molecule has 0 bridgehead atoms. The summed E-state index contributed by atoms with van der Waals surface area (Å²) in [6, 6.07) is 9.00. The highest BCUT2D eigenvalue weighted by molar-refractivity contribution is 5.88. The van der Waals surface area contributed by atoms with Gasteiger partial charge in [0.15, 0.2) is 23.1 Å². The number of rotatable bonds is 8. The van der Waals surface area contributed by atoms with E-state index in [-0.39, 0.29) is 22.8 Å². The molecule has 0 spiro atoms. The Morgan fingerprint density at radius 3 is 2.15 bits per heavy atom. The molecule has 8 nitrogen and oxygen atoms in total. The van der Waals surface area contributed by atoms with Gasteiger partial charge < -0.3 is 29.9 Å². The predicted molar refractivity (Wildman–Crippen MR) is 156 cm³/mol. The van der Waals surface area contributed by atoms with Crippen LogP contribution in [0.2, 0.25) is 0 Å². The van der Waals surface area contributed by atoms with E-state index in [0.29, 0.717) is 11.2 Å². The number of anilines is 4. The summed E-state index contributed by atoms with van der Waals surface area (Å²) in [7, 11) is 4.53. The fourth-order valence-corrected chi connectivity index (χ4v) is 5.12. The van der Waals surface area contributed by atoms with Crippen molar-refractivity contribution in [3.63, 3.8) is 0 Å². The Labute approximate surface area is 232 Å². The normalized spacial score (nSPS) is 13.9. The van der Waals surface area contributed by atoms with E-state index in [1.165, 1.54) is 26.0 Å². The molecule has 1 aliphatic rings. The molecule has 0 amide bonds. The lowest BCUT2D eigenvalue weighted by atomic mass is 10.1. The van der Waals surface area contributed by atoms with Gasteiger partial charge in [0, 0.05) is 68.1 Å². The van der Waals surface area contributed by atoms with Crippen molar-refractivity contribution in [2.45, 2.75) is 13.8 Å². The summed E-state index contributed by atoms with van der Waals surface area (Å²) in [5.41, 5.74) is 3.99. The van der Waals surface area contributed by atoms with Gasteiger partial charge in [-0.25, -0.2) is 13.8 Å². The van der Waals surface area contributed by atoms with Crippen molar-refractivity contribution in [2.75, 3.05) is 69.5 Å². The summed E-state index contributed by atoms with van der Waals surface area (Å²) in [4.78, 5) is 13.8. The Morgan fingerprint density at radius 2 is 1.52 bits per heavy atom. The number of fused-ring (bicyclic) bond motifs is 1. The van der Waals surface area contributed by atoms with E-state index in [2.05, 4.69) is 56.4 Å². The summed E-state index contributed by atoms with van der Waals surface area (Å²) in [5, 5.41) is 8.21. The summed E-state index contributed by atoms with van der Waals surface area (Å²) in [6.07, 6.45) is 3.24. The standard InChI is InChI=1S/C30H34F2N6O2/c1-6-37-7-9-38(10-8-37)21-11-18(2)30(23(14-21)33-3)36-26-13-20-16-34-22(12-19(20)17-35-26)27-28(31)24(39-4)15-25(40-5)29(27)32/h11-17,33H,6-10H2,1-5H3,(H,35,36). The minimum absolute atomic E-state index is 0.117. The van der Waals surface area contributed by atoms with E-state index in [9.17, 15) is 0 Å². The Bertz CT molecular complexity index is 1510. The third-order valence-electron chi connectivity index (χ3n) is 7.46. The van der Waals surface area contributed by atoms with Gasteiger partial charge in [0.05, 0.1) is 36.9 Å². The average molecular weight is 549 g/mol. The number of ether oxygens (including phenoxy) is 2. The molecular weight excluding hydrogens is 514 g/mol. The number of hydrogen-bond acceptors (Lipinski definition) is 8. The maximum absolute atomic E-state index is 15.0. The van der Waals surface area contributed by atoms with Crippen LogP contribution in [0.15, 0.2) is 42.7 Å². The van der Waals surface area contributed by atoms with Crippen LogP contribution in [0.1, 0.15) is 12.5 Å². The molecule has 210 valence electrons. The van der Waals surface area contributed by atoms with Crippen LogP contribution in [-0.2, 0) is 0 Å². The van der Waals surface area contributed by atoms with Gasteiger partial charge in [-0.15, -0.1) is 0 Å². The number of hydrogen-bond donors (Lipinski definition) is 2. The third kappa shape index (κ3) is 5.19. The zero-order valence-electron chi connectivity index (χ0n) is 23.4. The molecule has 0 aliphatic carbocycles. The van der Waals surface area contributed by atoms with Crippen molar-refractivity contribution in [3.8, 4) is 22.8 Å². The first-order chi connectivity index (χ1) is 19.4. The van der Waals surface area contributed by atoms with Crippen LogP contribution in [0.3, 0.4) is 0 Å². The Hall–Kier alpha value is -4.18. The Balaban J connectivity index is 1.43. The largest absolute Gasteiger partial charge is 0.494 e. The molecule has 2 aromatic carbocycles. The molecule has 2 aromatic heterocycles. The highest BCUT2D eigenvalue weighted by atomic mass is 19.1. The molecule has 2 N–H and O–H groups in total. The van der Waals surface area contributed by atoms with Crippen molar-refractivity contribution in [1.29, 1.82) is 0 Å². The first-order valence-electron chi connectivity index (χ1n) is 13.3. The van der Waals surface area contributed by atoms with Gasteiger partial charge in [-0.2, -0.15) is 0 Å². The monoisotopic (exact) mass is 548 g/mol. The van der Waals surface area contributed by atoms with Crippen LogP contribution in [0.4, 0.5) is 31.7 Å². The van der Waals surface area contributed by atoms with E-state index in [1.807, 2.05) is 13.1 Å². The fraction of sp³-hybridized carbons (Fsp3) is 0.333. The van der Waals surface area contributed by atoms with Crippen molar-refractivity contribution < 1.29 is 18.3 Å². The lowest BCUT2D eigenvalue weighted by Gasteiger charge is -2.36. The molecule has 3 heterocycles. The lowest BCUT2D eigenvalue weighted by molar-refractivity contribution is 0.271. The number of aryl methyl sites for hydroxylation is 1. The quantitative estimate of drug-likeness (QED) is 0.285. The first kappa shape index (κ1) is 27.4. The molecule has 0 radical (unpaired) electrons. The van der Waals surface area contributed by atoms with Gasteiger partial charge in [-0.05, 0) is 43.3 Å². The number of methoxy groups -OCH3 is 2. The number of nitrogens with one attached hydrogen (secondary N) is 2. The molecular formula is C30H34F2N6O2. The second-order valence-corrected chi connectivity index (χ2v) is 9.75. The van der Waals surface area contributed by atoms with Crippen LogP contribution in [0, 0.1) is 18.6 Å². The molecule has 4 aromatic rings. The Morgan fingerprint density at radius 1 is 0.875 bits per heavy atom. The number of pyridine rings is 2. The summed E-state index contributed by atoms with van der Waals surface area (Å²) < 4.78 is 40.2. The van der Waals surface area contributed by atoms with E-state index in [0.717, 1.165) is 55.0 Å². The van der Waals surface area contributed by atoms with E-state index >= 15 is 8.78 Å². The number of nitrogens with zero attached hydrogens (tertiary/aromatic N) is 4. The fourth-order valence-electron chi connectivity index (χ4n) is 5.12.